The summed E-state index contributed by atoms with van der Waals surface area (Å²) >= 11 is 12.0. The Labute approximate surface area is 212 Å². The maximum atomic E-state index is 13.0. The fourth-order valence-corrected chi connectivity index (χ4v) is 6.88. The number of piperidine rings is 1. The predicted octanol–water partition coefficient (Wildman–Crippen LogP) is 5.68. The smallest absolute Gasteiger partial charge is 0.223 e. The molecule has 1 atom stereocenters. The minimum Gasteiger partial charge on any atom is -0.349 e. The minimum absolute atomic E-state index is 0.0175. The lowest BCUT2D eigenvalue weighted by Crippen LogP contribution is -2.44. The number of benzene rings is 2. The normalized spacial score (nSPS) is 18.3. The van der Waals surface area contributed by atoms with Gasteiger partial charge >= 0.3 is 0 Å². The van der Waals surface area contributed by atoms with E-state index in [0.29, 0.717) is 41.5 Å². The first-order chi connectivity index (χ1) is 16.3. The zero-order valence-electron chi connectivity index (χ0n) is 19.5. The van der Waals surface area contributed by atoms with Gasteiger partial charge in [0.1, 0.15) is 0 Å². The molecule has 0 bridgehead atoms. The van der Waals surface area contributed by atoms with E-state index in [0.717, 1.165) is 24.8 Å². The van der Waals surface area contributed by atoms with Gasteiger partial charge in [-0.1, -0.05) is 54.4 Å². The molecular weight excluding hydrogens is 491 g/mol. The number of nitrogens with zero attached hydrogens (tertiary/aromatic N) is 1. The average molecular weight is 524 g/mol. The summed E-state index contributed by atoms with van der Waals surface area (Å²) in [6.45, 7) is 2.78. The van der Waals surface area contributed by atoms with Crippen LogP contribution in [0.25, 0.3) is 0 Å². The molecule has 0 saturated carbocycles. The molecule has 34 heavy (non-hydrogen) atoms. The second-order valence-electron chi connectivity index (χ2n) is 9.38. The van der Waals surface area contributed by atoms with E-state index in [4.69, 9.17) is 23.2 Å². The van der Waals surface area contributed by atoms with E-state index in [-0.39, 0.29) is 23.6 Å². The highest BCUT2D eigenvalue weighted by Gasteiger charge is 2.32. The van der Waals surface area contributed by atoms with Gasteiger partial charge in [-0.05, 0) is 79.3 Å². The summed E-state index contributed by atoms with van der Waals surface area (Å²) in [5, 5.41) is 3.97. The lowest BCUT2D eigenvalue weighted by Gasteiger charge is -2.31. The SMILES string of the molecule is CC[C@H](NC(=O)C1CCN(S(=O)(=O)Cc2ccc(Cl)c(Cl)c2)CC1)c1ccc2c(c1)CCCC2. The van der Waals surface area contributed by atoms with Gasteiger partial charge in [-0.25, -0.2) is 12.7 Å². The summed E-state index contributed by atoms with van der Waals surface area (Å²) in [4.78, 5) is 13.0. The number of hydrogen-bond acceptors (Lipinski definition) is 3. The van der Waals surface area contributed by atoms with Crippen LogP contribution in [-0.2, 0) is 33.4 Å². The fourth-order valence-electron chi connectivity index (χ4n) is 5.01. The van der Waals surface area contributed by atoms with Crippen molar-refractivity contribution in [2.75, 3.05) is 13.1 Å². The fraction of sp³-hybridized carbons (Fsp3) is 0.500. The molecular formula is C26H32Cl2N2O3S. The predicted molar refractivity (Wildman–Crippen MR) is 138 cm³/mol. The Kier molecular flexibility index (Phi) is 8.24. The molecule has 1 aliphatic heterocycles. The molecule has 0 aromatic heterocycles. The molecule has 184 valence electrons. The van der Waals surface area contributed by atoms with Gasteiger partial charge in [-0.3, -0.25) is 4.79 Å². The zero-order valence-corrected chi connectivity index (χ0v) is 21.9. The molecule has 0 radical (unpaired) electrons. The van der Waals surface area contributed by atoms with E-state index in [1.165, 1.54) is 28.3 Å². The Morgan fingerprint density at radius 1 is 1.03 bits per heavy atom. The van der Waals surface area contributed by atoms with Crippen LogP contribution < -0.4 is 5.32 Å². The van der Waals surface area contributed by atoms with Crippen molar-refractivity contribution in [3.8, 4) is 0 Å². The number of sulfonamides is 1. The van der Waals surface area contributed by atoms with Crippen LogP contribution in [0.5, 0.6) is 0 Å². The summed E-state index contributed by atoms with van der Waals surface area (Å²) in [6.07, 6.45) is 6.60. The van der Waals surface area contributed by atoms with Crippen LogP contribution in [0.4, 0.5) is 0 Å². The van der Waals surface area contributed by atoms with Crippen LogP contribution in [0.15, 0.2) is 36.4 Å². The summed E-state index contributed by atoms with van der Waals surface area (Å²) in [5.74, 6) is -0.286. The molecule has 1 heterocycles. The molecule has 2 aromatic carbocycles. The maximum absolute atomic E-state index is 13.0. The van der Waals surface area contributed by atoms with Gasteiger partial charge in [0.15, 0.2) is 0 Å². The van der Waals surface area contributed by atoms with Crippen LogP contribution in [-0.4, -0.2) is 31.7 Å². The van der Waals surface area contributed by atoms with Crippen molar-refractivity contribution in [2.24, 2.45) is 5.92 Å². The molecule has 5 nitrogen and oxygen atoms in total. The van der Waals surface area contributed by atoms with Gasteiger partial charge in [-0.2, -0.15) is 0 Å². The van der Waals surface area contributed by atoms with Crippen molar-refractivity contribution in [3.63, 3.8) is 0 Å². The summed E-state index contributed by atoms with van der Waals surface area (Å²) in [7, 11) is -3.49. The third-order valence-electron chi connectivity index (χ3n) is 7.05. The monoisotopic (exact) mass is 522 g/mol. The number of halogens is 2. The van der Waals surface area contributed by atoms with Crippen molar-refractivity contribution in [1.82, 2.24) is 9.62 Å². The van der Waals surface area contributed by atoms with Crippen LogP contribution in [0.2, 0.25) is 10.0 Å². The van der Waals surface area contributed by atoms with E-state index in [9.17, 15) is 13.2 Å². The Bertz CT molecular complexity index is 1140. The molecule has 1 fully saturated rings. The van der Waals surface area contributed by atoms with E-state index in [2.05, 4.69) is 30.4 Å². The molecule has 2 aliphatic rings. The largest absolute Gasteiger partial charge is 0.349 e. The number of aryl methyl sites for hydroxylation is 2. The third kappa shape index (κ3) is 5.96. The molecule has 0 spiro atoms. The van der Waals surface area contributed by atoms with Gasteiger partial charge in [0, 0.05) is 19.0 Å². The average Bonchev–Trinajstić information content (AvgIpc) is 2.84. The summed E-state index contributed by atoms with van der Waals surface area (Å²) < 4.78 is 27.3. The van der Waals surface area contributed by atoms with Crippen LogP contribution in [0.3, 0.4) is 0 Å². The lowest BCUT2D eigenvalue weighted by atomic mass is 9.88. The van der Waals surface area contributed by atoms with Crippen LogP contribution in [0, 0.1) is 5.92 Å². The number of hydrogen-bond donors (Lipinski definition) is 1. The Morgan fingerprint density at radius 2 is 1.74 bits per heavy atom. The Hall–Kier alpha value is -1.60. The highest BCUT2D eigenvalue weighted by atomic mass is 35.5. The number of rotatable bonds is 7. The number of nitrogens with one attached hydrogen (secondary N) is 1. The third-order valence-corrected chi connectivity index (χ3v) is 9.64. The number of fused-ring (bicyclic) bond motifs is 1. The molecule has 1 amide bonds. The van der Waals surface area contributed by atoms with Crippen LogP contribution >= 0.6 is 23.2 Å². The van der Waals surface area contributed by atoms with Gasteiger partial charge in [0.25, 0.3) is 0 Å². The molecule has 1 aliphatic carbocycles. The van der Waals surface area contributed by atoms with Gasteiger partial charge in [0.05, 0.1) is 21.8 Å². The molecule has 1 saturated heterocycles. The second kappa shape index (κ2) is 11.0. The van der Waals surface area contributed by atoms with Crippen molar-refractivity contribution < 1.29 is 13.2 Å². The summed E-state index contributed by atoms with van der Waals surface area (Å²) in [5.41, 5.74) is 4.62. The minimum atomic E-state index is -3.49. The van der Waals surface area contributed by atoms with E-state index >= 15 is 0 Å². The number of amides is 1. The molecule has 2 aromatic rings. The van der Waals surface area contributed by atoms with E-state index in [1.54, 1.807) is 18.2 Å². The van der Waals surface area contributed by atoms with Crippen molar-refractivity contribution in [3.05, 3.63) is 68.7 Å². The van der Waals surface area contributed by atoms with Gasteiger partial charge in [0.2, 0.25) is 15.9 Å². The molecule has 4 rings (SSSR count). The zero-order chi connectivity index (χ0) is 24.3. The van der Waals surface area contributed by atoms with E-state index < -0.39 is 10.0 Å². The van der Waals surface area contributed by atoms with Gasteiger partial charge in [-0.15, -0.1) is 0 Å². The Balaban J connectivity index is 1.34. The molecule has 0 unspecified atom stereocenters. The molecule has 1 N–H and O–H groups in total. The van der Waals surface area contributed by atoms with Crippen molar-refractivity contribution in [2.45, 2.75) is 63.7 Å². The van der Waals surface area contributed by atoms with Gasteiger partial charge < -0.3 is 5.32 Å². The first-order valence-electron chi connectivity index (χ1n) is 12.1. The van der Waals surface area contributed by atoms with Crippen molar-refractivity contribution >= 4 is 39.1 Å². The number of carbonyl (C=O) groups is 1. The first-order valence-corrected chi connectivity index (χ1v) is 14.5. The summed E-state index contributed by atoms with van der Waals surface area (Å²) in [6, 6.07) is 11.5. The highest BCUT2D eigenvalue weighted by Crippen LogP contribution is 2.28. The van der Waals surface area contributed by atoms with E-state index in [1.807, 2.05) is 0 Å². The maximum Gasteiger partial charge on any atom is 0.223 e. The van der Waals surface area contributed by atoms with Crippen LogP contribution in [0.1, 0.15) is 67.3 Å². The lowest BCUT2D eigenvalue weighted by molar-refractivity contribution is -0.126. The van der Waals surface area contributed by atoms with Crippen molar-refractivity contribution in [1.29, 1.82) is 0 Å². The number of carbonyl (C=O) groups excluding carboxylic acids is 1. The first kappa shape index (κ1) is 25.5. The highest BCUT2D eigenvalue weighted by molar-refractivity contribution is 7.88. The topological polar surface area (TPSA) is 66.5 Å². The Morgan fingerprint density at radius 3 is 2.41 bits per heavy atom. The standard InChI is InChI=1S/C26H32Cl2N2O3S/c1-2-25(22-9-8-19-5-3-4-6-21(19)16-22)29-26(31)20-11-13-30(14-12-20)34(32,33)17-18-7-10-23(27)24(28)15-18/h7-10,15-16,20,25H,2-6,11-14,17H2,1H3,(H,29,31)/t25-/m0/s1. The quantitative estimate of drug-likeness (QED) is 0.508. The second-order valence-corrected chi connectivity index (χ2v) is 12.2. The molecule has 8 heteroatoms.